The zero-order chi connectivity index (χ0) is 19.1. The van der Waals surface area contributed by atoms with Crippen molar-refractivity contribution in [3.63, 3.8) is 0 Å². The number of amides is 1. The molecule has 3 aromatic heterocycles. The Balaban J connectivity index is 1.74. The van der Waals surface area contributed by atoms with Crippen LogP contribution in [0.1, 0.15) is 21.6 Å². The summed E-state index contributed by atoms with van der Waals surface area (Å²) in [5, 5.41) is 0. The molecule has 0 bridgehead atoms. The van der Waals surface area contributed by atoms with Crippen LogP contribution < -0.4 is 14.4 Å². The lowest BCUT2D eigenvalue weighted by Gasteiger charge is -2.11. The van der Waals surface area contributed by atoms with Crippen molar-refractivity contribution in [1.29, 1.82) is 0 Å². The van der Waals surface area contributed by atoms with Crippen molar-refractivity contribution in [2.75, 3.05) is 19.1 Å². The van der Waals surface area contributed by atoms with Gasteiger partial charge in [0.15, 0.2) is 11.6 Å². The molecule has 4 rings (SSSR count). The van der Waals surface area contributed by atoms with Gasteiger partial charge in [-0.1, -0.05) is 0 Å². The lowest BCUT2D eigenvalue weighted by molar-refractivity contribution is 0.0995. The van der Waals surface area contributed by atoms with E-state index in [0.29, 0.717) is 29.6 Å². The third-order valence-corrected chi connectivity index (χ3v) is 4.55. The number of ether oxygens (including phenoxy) is 2. The Morgan fingerprint density at radius 3 is 2.63 bits per heavy atom. The number of hydrogen-bond donors (Lipinski definition) is 0. The summed E-state index contributed by atoms with van der Waals surface area (Å²) in [5.74, 6) is 1.48. The number of imidazole rings is 1. The van der Waals surface area contributed by atoms with Gasteiger partial charge in [-0.15, -0.1) is 0 Å². The molecule has 0 saturated heterocycles. The standard InChI is InChI=1S/C19H19N5O3/c1-11-5-13(12-6-15(26-3)18(27-4)20-7-12)22-14-8-24(19(25)17(11)14)16-9-23(2)10-21-16/h5-7,9-10H,8H2,1-4H3. The molecule has 0 aliphatic carbocycles. The van der Waals surface area contributed by atoms with Gasteiger partial charge in [0.1, 0.15) is 0 Å². The first kappa shape index (κ1) is 17.0. The van der Waals surface area contributed by atoms with E-state index in [1.807, 2.05) is 36.9 Å². The van der Waals surface area contributed by atoms with Crippen molar-refractivity contribution in [2.45, 2.75) is 13.5 Å². The lowest BCUT2D eigenvalue weighted by Crippen LogP contribution is -2.23. The Kier molecular flexibility index (Phi) is 4.02. The first-order valence-corrected chi connectivity index (χ1v) is 8.40. The lowest BCUT2D eigenvalue weighted by atomic mass is 10.1. The molecule has 4 heterocycles. The second-order valence-electron chi connectivity index (χ2n) is 6.37. The number of nitrogens with zero attached hydrogens (tertiary/aromatic N) is 5. The molecule has 0 aromatic carbocycles. The summed E-state index contributed by atoms with van der Waals surface area (Å²) in [6.07, 6.45) is 5.17. The fourth-order valence-corrected chi connectivity index (χ4v) is 3.24. The SMILES string of the molecule is COc1cc(-c2cc(C)c3c(n2)CN(c2cn(C)cn2)C3=O)cnc1OC. The number of carbonyl (C=O) groups excluding carboxylic acids is 1. The summed E-state index contributed by atoms with van der Waals surface area (Å²) in [6, 6.07) is 3.72. The Labute approximate surface area is 156 Å². The van der Waals surface area contributed by atoms with Gasteiger partial charge in [-0.05, 0) is 24.6 Å². The van der Waals surface area contributed by atoms with Crippen LogP contribution in [0.5, 0.6) is 11.6 Å². The van der Waals surface area contributed by atoms with Gasteiger partial charge in [0.05, 0.1) is 44.0 Å². The maximum Gasteiger partial charge on any atom is 0.262 e. The van der Waals surface area contributed by atoms with E-state index in [-0.39, 0.29) is 5.91 Å². The molecule has 138 valence electrons. The molecule has 3 aromatic rings. The summed E-state index contributed by atoms with van der Waals surface area (Å²) >= 11 is 0. The minimum atomic E-state index is -0.0781. The van der Waals surface area contributed by atoms with Crippen molar-refractivity contribution in [3.8, 4) is 22.9 Å². The number of carbonyl (C=O) groups is 1. The number of methoxy groups -OCH3 is 2. The summed E-state index contributed by atoms with van der Waals surface area (Å²) in [6.45, 7) is 2.30. The molecular weight excluding hydrogens is 346 g/mol. The quantitative estimate of drug-likeness (QED) is 0.706. The van der Waals surface area contributed by atoms with Crippen LogP contribution in [0, 0.1) is 6.92 Å². The smallest absolute Gasteiger partial charge is 0.262 e. The van der Waals surface area contributed by atoms with Crippen LogP contribution in [-0.4, -0.2) is 39.6 Å². The van der Waals surface area contributed by atoms with Gasteiger partial charge in [0.25, 0.3) is 11.8 Å². The van der Waals surface area contributed by atoms with Crippen molar-refractivity contribution in [3.05, 3.63) is 47.7 Å². The molecule has 0 spiro atoms. The zero-order valence-corrected chi connectivity index (χ0v) is 15.6. The third-order valence-electron chi connectivity index (χ3n) is 4.55. The largest absolute Gasteiger partial charge is 0.491 e. The second kappa shape index (κ2) is 6.39. The fourth-order valence-electron chi connectivity index (χ4n) is 3.24. The molecule has 0 unspecified atom stereocenters. The van der Waals surface area contributed by atoms with E-state index < -0.39 is 0 Å². The molecule has 27 heavy (non-hydrogen) atoms. The highest BCUT2D eigenvalue weighted by Crippen LogP contribution is 2.33. The molecular formula is C19H19N5O3. The normalized spacial score (nSPS) is 13.0. The fraction of sp³-hybridized carbons (Fsp3) is 0.263. The van der Waals surface area contributed by atoms with Crippen LogP contribution in [-0.2, 0) is 13.6 Å². The van der Waals surface area contributed by atoms with Gasteiger partial charge in [-0.2, -0.15) is 0 Å². The molecule has 0 radical (unpaired) electrons. The van der Waals surface area contributed by atoms with Crippen LogP contribution >= 0.6 is 0 Å². The van der Waals surface area contributed by atoms with Gasteiger partial charge >= 0.3 is 0 Å². The average molecular weight is 365 g/mol. The number of anilines is 1. The number of aryl methyl sites for hydroxylation is 2. The van der Waals surface area contributed by atoms with Gasteiger partial charge in [-0.25, -0.2) is 9.97 Å². The Bertz CT molecular complexity index is 1040. The highest BCUT2D eigenvalue weighted by molar-refractivity contribution is 6.10. The summed E-state index contributed by atoms with van der Waals surface area (Å²) < 4.78 is 12.3. The van der Waals surface area contributed by atoms with Gasteiger partial charge in [0.2, 0.25) is 0 Å². The number of aromatic nitrogens is 4. The number of hydrogen-bond acceptors (Lipinski definition) is 6. The number of pyridine rings is 2. The second-order valence-corrected chi connectivity index (χ2v) is 6.37. The maximum atomic E-state index is 12.8. The van der Waals surface area contributed by atoms with Crippen LogP contribution in [0.4, 0.5) is 5.82 Å². The van der Waals surface area contributed by atoms with Gasteiger partial charge < -0.3 is 14.0 Å². The third kappa shape index (κ3) is 2.79. The van der Waals surface area contributed by atoms with E-state index >= 15 is 0 Å². The molecule has 0 N–H and O–H groups in total. The van der Waals surface area contributed by atoms with E-state index in [1.54, 1.807) is 31.6 Å². The van der Waals surface area contributed by atoms with Crippen molar-refractivity contribution in [2.24, 2.45) is 7.05 Å². The van der Waals surface area contributed by atoms with Crippen LogP contribution in [0.3, 0.4) is 0 Å². The Morgan fingerprint density at radius 2 is 1.96 bits per heavy atom. The van der Waals surface area contributed by atoms with Gasteiger partial charge in [0, 0.05) is 25.0 Å². The van der Waals surface area contributed by atoms with Crippen molar-refractivity contribution < 1.29 is 14.3 Å². The molecule has 0 fully saturated rings. The van der Waals surface area contributed by atoms with Crippen LogP contribution in [0.2, 0.25) is 0 Å². The maximum absolute atomic E-state index is 12.8. The molecule has 0 atom stereocenters. The molecule has 1 aliphatic heterocycles. The van der Waals surface area contributed by atoms with E-state index in [2.05, 4.69) is 9.97 Å². The highest BCUT2D eigenvalue weighted by atomic mass is 16.5. The van der Waals surface area contributed by atoms with E-state index in [4.69, 9.17) is 14.5 Å². The van der Waals surface area contributed by atoms with Crippen LogP contribution in [0.25, 0.3) is 11.3 Å². The first-order valence-electron chi connectivity index (χ1n) is 8.40. The van der Waals surface area contributed by atoms with Crippen molar-refractivity contribution >= 4 is 11.7 Å². The number of rotatable bonds is 4. The minimum absolute atomic E-state index is 0.0781. The summed E-state index contributed by atoms with van der Waals surface area (Å²) in [7, 11) is 4.98. The molecule has 1 amide bonds. The van der Waals surface area contributed by atoms with E-state index in [9.17, 15) is 4.79 Å². The Hall–Kier alpha value is -3.42. The van der Waals surface area contributed by atoms with Gasteiger partial charge in [-0.3, -0.25) is 14.7 Å². The van der Waals surface area contributed by atoms with E-state index in [1.165, 1.54) is 0 Å². The number of fused-ring (bicyclic) bond motifs is 1. The summed E-state index contributed by atoms with van der Waals surface area (Å²) in [5.41, 5.74) is 3.76. The monoisotopic (exact) mass is 365 g/mol. The summed E-state index contributed by atoms with van der Waals surface area (Å²) in [4.78, 5) is 27.8. The molecule has 1 aliphatic rings. The molecule has 0 saturated carbocycles. The van der Waals surface area contributed by atoms with Crippen molar-refractivity contribution in [1.82, 2.24) is 19.5 Å². The zero-order valence-electron chi connectivity index (χ0n) is 15.6. The Morgan fingerprint density at radius 1 is 1.15 bits per heavy atom. The molecule has 8 nitrogen and oxygen atoms in total. The minimum Gasteiger partial charge on any atom is -0.491 e. The average Bonchev–Trinajstić information content (AvgIpc) is 3.24. The predicted octanol–water partition coefficient (Wildman–Crippen LogP) is 2.36. The molecule has 8 heteroatoms. The van der Waals surface area contributed by atoms with Crippen LogP contribution in [0.15, 0.2) is 30.9 Å². The first-order chi connectivity index (χ1) is 13.0. The topological polar surface area (TPSA) is 82.4 Å². The highest BCUT2D eigenvalue weighted by Gasteiger charge is 2.33. The van der Waals surface area contributed by atoms with E-state index in [0.717, 1.165) is 22.5 Å². The predicted molar refractivity (Wildman–Crippen MR) is 99.0 cm³/mol.